The predicted octanol–water partition coefficient (Wildman–Crippen LogP) is 1.24. The summed E-state index contributed by atoms with van der Waals surface area (Å²) in [5.74, 6) is 0. The molecule has 1 fully saturated rings. The molecule has 0 bridgehead atoms. The monoisotopic (exact) mass is 319 g/mol. The Bertz CT molecular complexity index is 676. The van der Waals surface area contributed by atoms with Gasteiger partial charge in [-0.25, -0.2) is 16.8 Å². The highest BCUT2D eigenvalue weighted by Gasteiger charge is 2.25. The highest BCUT2D eigenvalue weighted by Crippen LogP contribution is 2.23. The Morgan fingerprint density at radius 2 is 1.60 bits per heavy atom. The smallest absolute Gasteiger partial charge is 0.263 e. The molecule has 0 amide bonds. The van der Waals surface area contributed by atoms with Crippen LogP contribution >= 0.6 is 0 Å². The van der Waals surface area contributed by atoms with Crippen LogP contribution in [0.1, 0.15) is 25.7 Å². The second kappa shape index (κ2) is 5.80. The minimum atomic E-state index is -4.01. The quantitative estimate of drug-likeness (QED) is 0.825. The van der Waals surface area contributed by atoms with Gasteiger partial charge in [0.2, 0.25) is 0 Å². The standard InChI is InChI=1S/C12H17NO5S2/c1-19(14,15)11-8-4-5-9-12(11)20(16,17)13-18-10-6-2-3-7-10/h4-5,8-10,13H,2-3,6-7H2,1H3. The fraction of sp³-hybridized carbons (Fsp3) is 0.500. The largest absolute Gasteiger partial charge is 0.284 e. The molecule has 0 radical (unpaired) electrons. The minimum Gasteiger partial charge on any atom is -0.284 e. The third-order valence-corrected chi connectivity index (χ3v) is 5.70. The Kier molecular flexibility index (Phi) is 4.48. The molecule has 1 N–H and O–H groups in total. The number of hydrogen-bond acceptors (Lipinski definition) is 5. The first-order valence-electron chi connectivity index (χ1n) is 6.27. The summed E-state index contributed by atoms with van der Waals surface area (Å²) in [5, 5.41) is 0. The van der Waals surface area contributed by atoms with Gasteiger partial charge in [0, 0.05) is 6.26 Å². The van der Waals surface area contributed by atoms with Crippen LogP contribution in [0.4, 0.5) is 0 Å². The van der Waals surface area contributed by atoms with Crippen LogP contribution in [0.5, 0.6) is 0 Å². The zero-order valence-corrected chi connectivity index (χ0v) is 12.7. The molecule has 0 aliphatic heterocycles. The number of hydrogen-bond donors (Lipinski definition) is 1. The highest BCUT2D eigenvalue weighted by atomic mass is 32.2. The third kappa shape index (κ3) is 3.57. The second-order valence-corrected chi connectivity index (χ2v) is 8.43. The molecule has 112 valence electrons. The molecule has 0 aromatic heterocycles. The number of sulfonamides is 1. The number of nitrogens with one attached hydrogen (secondary N) is 1. The fourth-order valence-corrected chi connectivity index (χ4v) is 4.65. The van der Waals surface area contributed by atoms with Gasteiger partial charge >= 0.3 is 0 Å². The molecule has 0 saturated heterocycles. The van der Waals surface area contributed by atoms with Crippen molar-refractivity contribution in [2.24, 2.45) is 0 Å². The summed E-state index contributed by atoms with van der Waals surface area (Å²) in [6.07, 6.45) is 4.44. The Labute approximate surface area is 119 Å². The highest BCUT2D eigenvalue weighted by molar-refractivity contribution is 7.93. The molecule has 20 heavy (non-hydrogen) atoms. The third-order valence-electron chi connectivity index (χ3n) is 3.16. The maximum atomic E-state index is 12.2. The molecular formula is C12H17NO5S2. The van der Waals surface area contributed by atoms with Crippen LogP contribution in [0.3, 0.4) is 0 Å². The van der Waals surface area contributed by atoms with Crippen molar-refractivity contribution in [1.29, 1.82) is 0 Å². The molecule has 0 spiro atoms. The lowest BCUT2D eigenvalue weighted by Gasteiger charge is -2.13. The summed E-state index contributed by atoms with van der Waals surface area (Å²) < 4.78 is 47.6. The number of sulfone groups is 1. The molecule has 1 aromatic rings. The van der Waals surface area contributed by atoms with Crippen molar-refractivity contribution in [2.75, 3.05) is 6.26 Å². The maximum Gasteiger partial charge on any atom is 0.263 e. The predicted molar refractivity (Wildman–Crippen MR) is 73.2 cm³/mol. The van der Waals surface area contributed by atoms with E-state index >= 15 is 0 Å². The van der Waals surface area contributed by atoms with E-state index in [0.29, 0.717) is 0 Å². The molecule has 8 heteroatoms. The van der Waals surface area contributed by atoms with E-state index in [1.165, 1.54) is 24.3 Å². The van der Waals surface area contributed by atoms with Gasteiger partial charge in [-0.15, -0.1) is 0 Å². The number of rotatable bonds is 5. The Morgan fingerprint density at radius 3 is 2.15 bits per heavy atom. The van der Waals surface area contributed by atoms with Gasteiger partial charge in [0.15, 0.2) is 9.84 Å². The van der Waals surface area contributed by atoms with E-state index < -0.39 is 19.9 Å². The van der Waals surface area contributed by atoms with Crippen LogP contribution in [0.2, 0.25) is 0 Å². The first kappa shape index (κ1) is 15.4. The summed E-state index contributed by atoms with van der Waals surface area (Å²) in [7, 11) is -7.64. The van der Waals surface area contributed by atoms with Gasteiger partial charge in [0.05, 0.1) is 11.0 Å². The van der Waals surface area contributed by atoms with Crippen LogP contribution in [0.15, 0.2) is 34.1 Å². The van der Waals surface area contributed by atoms with E-state index in [9.17, 15) is 16.8 Å². The van der Waals surface area contributed by atoms with E-state index in [-0.39, 0.29) is 15.9 Å². The lowest BCUT2D eigenvalue weighted by atomic mass is 10.3. The summed E-state index contributed by atoms with van der Waals surface area (Å²) in [6.45, 7) is 0. The first-order chi connectivity index (χ1) is 9.31. The number of benzene rings is 1. The van der Waals surface area contributed by atoms with Crippen molar-refractivity contribution < 1.29 is 21.7 Å². The molecule has 6 nitrogen and oxygen atoms in total. The van der Waals surface area contributed by atoms with Gasteiger partial charge in [-0.1, -0.05) is 29.9 Å². The van der Waals surface area contributed by atoms with Crippen LogP contribution in [-0.4, -0.2) is 29.2 Å². The van der Waals surface area contributed by atoms with Crippen LogP contribution in [-0.2, 0) is 24.7 Å². The molecule has 1 aliphatic rings. The molecule has 0 unspecified atom stereocenters. The van der Waals surface area contributed by atoms with E-state index in [4.69, 9.17) is 4.84 Å². The fourth-order valence-electron chi connectivity index (χ4n) is 2.16. The lowest BCUT2D eigenvalue weighted by Crippen LogP contribution is -2.29. The summed E-state index contributed by atoms with van der Waals surface area (Å²) >= 11 is 0. The summed E-state index contributed by atoms with van der Waals surface area (Å²) in [4.78, 5) is 6.67. The SMILES string of the molecule is CS(=O)(=O)c1ccccc1S(=O)(=O)NOC1CCCC1. The minimum absolute atomic E-state index is 0.143. The Hall–Kier alpha value is -0.960. The van der Waals surface area contributed by atoms with Gasteiger partial charge in [0.25, 0.3) is 10.0 Å². The summed E-state index contributed by atoms with van der Waals surface area (Å²) in [5.41, 5.74) is 0. The zero-order valence-electron chi connectivity index (χ0n) is 11.1. The van der Waals surface area contributed by atoms with Gasteiger partial charge in [0.1, 0.15) is 4.90 Å². The van der Waals surface area contributed by atoms with Crippen LogP contribution < -0.4 is 4.89 Å². The van der Waals surface area contributed by atoms with Crippen molar-refractivity contribution in [3.8, 4) is 0 Å². The Balaban J connectivity index is 2.25. The van der Waals surface area contributed by atoms with Gasteiger partial charge in [-0.3, -0.25) is 4.84 Å². The van der Waals surface area contributed by atoms with Crippen molar-refractivity contribution >= 4 is 19.9 Å². The zero-order chi connectivity index (χ0) is 14.8. The second-order valence-electron chi connectivity index (χ2n) is 4.83. The molecule has 1 aliphatic carbocycles. The molecule has 1 saturated carbocycles. The van der Waals surface area contributed by atoms with Gasteiger partial charge in [-0.2, -0.15) is 0 Å². The average Bonchev–Trinajstić information content (AvgIpc) is 2.89. The van der Waals surface area contributed by atoms with Crippen molar-refractivity contribution in [3.05, 3.63) is 24.3 Å². The maximum absolute atomic E-state index is 12.2. The molecule has 0 atom stereocenters. The topological polar surface area (TPSA) is 89.5 Å². The van der Waals surface area contributed by atoms with Crippen LogP contribution in [0, 0.1) is 0 Å². The molecule has 2 rings (SSSR count). The van der Waals surface area contributed by atoms with E-state index in [1.54, 1.807) is 0 Å². The van der Waals surface area contributed by atoms with E-state index in [1.807, 2.05) is 4.89 Å². The first-order valence-corrected chi connectivity index (χ1v) is 9.65. The molecule has 0 heterocycles. The van der Waals surface area contributed by atoms with Crippen LogP contribution in [0.25, 0.3) is 0 Å². The lowest BCUT2D eigenvalue weighted by molar-refractivity contribution is 0.0222. The van der Waals surface area contributed by atoms with E-state index in [2.05, 4.69) is 0 Å². The molecular weight excluding hydrogens is 302 g/mol. The van der Waals surface area contributed by atoms with Gasteiger partial charge in [-0.05, 0) is 25.0 Å². The van der Waals surface area contributed by atoms with Gasteiger partial charge < -0.3 is 0 Å². The Morgan fingerprint density at radius 1 is 1.05 bits per heavy atom. The summed E-state index contributed by atoms with van der Waals surface area (Å²) in [6, 6.07) is 5.46. The normalized spacial score (nSPS) is 17.4. The van der Waals surface area contributed by atoms with Crippen molar-refractivity contribution in [1.82, 2.24) is 4.89 Å². The molecule has 1 aromatic carbocycles. The average molecular weight is 319 g/mol. The van der Waals surface area contributed by atoms with E-state index in [0.717, 1.165) is 31.9 Å². The van der Waals surface area contributed by atoms with Crippen molar-refractivity contribution in [3.63, 3.8) is 0 Å². The van der Waals surface area contributed by atoms with Crippen molar-refractivity contribution in [2.45, 2.75) is 41.6 Å².